The Balaban J connectivity index is 2.29. The number of likely N-dealkylation sites (tertiary alicyclic amines) is 2. The Morgan fingerprint density at radius 2 is 1.23 bits per heavy atom. The van der Waals surface area contributed by atoms with E-state index in [2.05, 4.69) is 26.6 Å². The maximum absolute atomic E-state index is 13.9. The minimum absolute atomic E-state index is 0.0483. The van der Waals surface area contributed by atoms with Gasteiger partial charge in [-0.1, -0.05) is 0 Å². The van der Waals surface area contributed by atoms with Gasteiger partial charge in [0.05, 0.1) is 6.10 Å². The van der Waals surface area contributed by atoms with Crippen LogP contribution in [0, 0.1) is 5.92 Å². The molecule has 0 spiro atoms. The van der Waals surface area contributed by atoms with Crippen molar-refractivity contribution in [3.8, 4) is 0 Å². The summed E-state index contributed by atoms with van der Waals surface area (Å²) in [5, 5.41) is 52.3. The molecule has 0 aromatic rings. The number of aliphatic hydroxyl groups is 2. The van der Waals surface area contributed by atoms with E-state index in [0.717, 1.165) is 0 Å². The molecule has 22 nitrogen and oxygen atoms in total. The van der Waals surface area contributed by atoms with Crippen molar-refractivity contribution >= 4 is 68.2 Å². The number of aliphatic carboxylic acids is 2. The topological polar surface area (TPSA) is 353 Å². The van der Waals surface area contributed by atoms with Gasteiger partial charge in [0.15, 0.2) is 0 Å². The molecule has 2 fully saturated rings. The second-order valence-electron chi connectivity index (χ2n) is 16.1. The molecule has 0 radical (unpaired) electrons. The quantitative estimate of drug-likeness (QED) is 0.0300. The zero-order chi connectivity index (χ0) is 46.8. The fourth-order valence-electron chi connectivity index (χ4n) is 7.21. The van der Waals surface area contributed by atoms with E-state index in [1.807, 2.05) is 5.82 Å². The number of carbonyl (C=O) groups excluding carboxylic acids is 7. The van der Waals surface area contributed by atoms with Crippen LogP contribution in [-0.2, 0) is 43.2 Å². The maximum atomic E-state index is 13.9. The van der Waals surface area contributed by atoms with E-state index in [-0.39, 0.29) is 53.9 Å². The summed E-state index contributed by atoms with van der Waals surface area (Å²) in [7, 11) is 0. The number of carbonyl (C=O) groups is 9. The zero-order valence-corrected chi connectivity index (χ0v) is 37.9. The standard InChI is InChI=1S/C39H67N9O13Se/c1-20(2)30(35(56)46-31(22(4)50)36(57)44-25(39(60)61)15-19-62-5)45-33(54)24(13-14-28(51)52)42-32(53)23(10-6-7-16-40)43-34(55)26-11-8-17-47(26)37(58)27-12-9-18-48(27)38(59)29(41)21(3)49/h20-27,29-31,49-50H,6-19,40-41H2,1-5H3,(H,42,53)(H,43,55)(H,44,57)(H,45,54)(H,46,56)(H,51,52)(H,60,61)/t21-,22-,23+,24+,25+,26+,27+,29+,30+,31+/m1/s1. The Morgan fingerprint density at radius 3 is 1.77 bits per heavy atom. The van der Waals surface area contributed by atoms with Crippen molar-refractivity contribution in [3.63, 3.8) is 0 Å². The third kappa shape index (κ3) is 16.1. The summed E-state index contributed by atoms with van der Waals surface area (Å²) in [6.07, 6.45) is -1.11. The van der Waals surface area contributed by atoms with Gasteiger partial charge in [-0.2, -0.15) is 0 Å². The van der Waals surface area contributed by atoms with Crippen LogP contribution in [0.25, 0.3) is 0 Å². The fraction of sp³-hybridized carbons (Fsp3) is 0.769. The van der Waals surface area contributed by atoms with E-state index in [4.69, 9.17) is 11.5 Å². The molecule has 0 aromatic heterocycles. The van der Waals surface area contributed by atoms with Gasteiger partial charge in [0.1, 0.15) is 24.2 Å². The van der Waals surface area contributed by atoms with Crippen LogP contribution in [0.4, 0.5) is 0 Å². The van der Waals surface area contributed by atoms with Gasteiger partial charge >= 0.3 is 164 Å². The Kier molecular flexibility index (Phi) is 22.8. The second kappa shape index (κ2) is 26.3. The van der Waals surface area contributed by atoms with Crippen molar-refractivity contribution in [3.05, 3.63) is 0 Å². The van der Waals surface area contributed by atoms with E-state index >= 15 is 0 Å². The summed E-state index contributed by atoms with van der Waals surface area (Å²) < 4.78 is 0. The molecule has 2 rings (SSSR count). The number of nitrogens with two attached hydrogens (primary N) is 2. The molecular weight excluding hydrogens is 881 g/mol. The summed E-state index contributed by atoms with van der Waals surface area (Å²) in [6, 6.07) is -10.2. The van der Waals surface area contributed by atoms with Crippen LogP contribution in [0.5, 0.6) is 0 Å². The molecule has 0 aromatic carbocycles. The molecule has 352 valence electrons. The molecule has 0 bridgehead atoms. The van der Waals surface area contributed by atoms with E-state index in [1.165, 1.54) is 23.6 Å². The van der Waals surface area contributed by atoms with Crippen molar-refractivity contribution in [1.29, 1.82) is 0 Å². The van der Waals surface area contributed by atoms with Gasteiger partial charge in [-0.25, -0.2) is 0 Å². The first-order chi connectivity index (χ1) is 29.2. The van der Waals surface area contributed by atoms with Crippen LogP contribution in [0.3, 0.4) is 0 Å². The molecule has 23 heteroatoms. The van der Waals surface area contributed by atoms with Gasteiger partial charge in [-0.05, 0) is 64.8 Å². The molecule has 2 aliphatic heterocycles. The minimum atomic E-state index is -1.62. The molecule has 0 saturated carbocycles. The van der Waals surface area contributed by atoms with Crippen molar-refractivity contribution in [1.82, 2.24) is 36.4 Å². The number of unbranched alkanes of at least 4 members (excludes halogenated alkanes) is 1. The summed E-state index contributed by atoms with van der Waals surface area (Å²) >= 11 is 0.123. The van der Waals surface area contributed by atoms with Crippen LogP contribution in [0.1, 0.15) is 91.9 Å². The molecule has 2 heterocycles. The van der Waals surface area contributed by atoms with Gasteiger partial charge in [0.25, 0.3) is 0 Å². The molecule has 10 atom stereocenters. The van der Waals surface area contributed by atoms with Crippen LogP contribution in [0.15, 0.2) is 0 Å². The number of carboxylic acids is 2. The number of nitrogens with one attached hydrogen (secondary N) is 5. The first-order valence-electron chi connectivity index (χ1n) is 21.0. The van der Waals surface area contributed by atoms with E-state index < -0.39 is 133 Å². The number of nitrogens with zero attached hydrogens (tertiary/aromatic N) is 2. The fourth-order valence-corrected chi connectivity index (χ4v) is 8.20. The van der Waals surface area contributed by atoms with E-state index in [1.54, 1.807) is 13.8 Å². The summed E-state index contributed by atoms with van der Waals surface area (Å²) in [5.74, 6) is -6.79. The molecule has 7 amide bonds. The van der Waals surface area contributed by atoms with Gasteiger partial charge < -0.3 is 42.1 Å². The number of hydrogen-bond donors (Lipinski definition) is 11. The number of amides is 7. The number of hydrogen-bond acceptors (Lipinski definition) is 13. The van der Waals surface area contributed by atoms with Crippen LogP contribution < -0.4 is 38.1 Å². The van der Waals surface area contributed by atoms with Gasteiger partial charge in [0, 0.05) is 19.5 Å². The SMILES string of the molecule is C[Se]CC[C@H](NC(=O)[C@@H](NC(=O)[C@@H](NC(=O)[C@H](CCC(=O)O)NC(=O)[C@H](CCCCN)NC(=O)[C@@H]1CCCN1C(=O)[C@@H]1CCCN1C(=O)[C@@H](N)[C@@H](C)O)C(C)C)[C@@H](C)O)C(=O)O. The molecule has 13 N–H and O–H groups in total. The van der Waals surface area contributed by atoms with Crippen molar-refractivity contribution < 1.29 is 63.6 Å². The number of aliphatic hydroxyl groups excluding tert-OH is 2. The second-order valence-corrected chi connectivity index (χ2v) is 18.2. The average molecular weight is 949 g/mol. The van der Waals surface area contributed by atoms with Crippen molar-refractivity contribution in [2.24, 2.45) is 17.4 Å². The molecule has 2 aliphatic rings. The van der Waals surface area contributed by atoms with Gasteiger partial charge in [-0.15, -0.1) is 0 Å². The summed E-state index contributed by atoms with van der Waals surface area (Å²) in [4.78, 5) is 121. The predicted octanol–water partition coefficient (Wildman–Crippen LogP) is -3.22. The first kappa shape index (κ1) is 53.7. The van der Waals surface area contributed by atoms with Crippen molar-refractivity contribution in [2.45, 2.75) is 164 Å². The first-order valence-corrected chi connectivity index (χ1v) is 24.0. The van der Waals surface area contributed by atoms with Crippen molar-refractivity contribution in [2.75, 3.05) is 19.6 Å². The Hall–Kier alpha value is -4.41. The predicted molar refractivity (Wildman–Crippen MR) is 224 cm³/mol. The Morgan fingerprint density at radius 1 is 0.677 bits per heavy atom. The van der Waals surface area contributed by atoms with Gasteiger partial charge in [0.2, 0.25) is 23.6 Å². The van der Waals surface area contributed by atoms with E-state index in [9.17, 15) is 63.6 Å². The average Bonchev–Trinajstić information content (AvgIpc) is 3.91. The molecule has 0 aliphatic carbocycles. The third-order valence-electron chi connectivity index (χ3n) is 10.9. The van der Waals surface area contributed by atoms with Crippen LogP contribution in [-0.4, -0.2) is 179 Å². The van der Waals surface area contributed by atoms with Crippen LogP contribution >= 0.6 is 0 Å². The van der Waals surface area contributed by atoms with Crippen LogP contribution in [0.2, 0.25) is 11.1 Å². The third-order valence-corrected chi connectivity index (χ3v) is 12.2. The molecule has 2 saturated heterocycles. The summed E-state index contributed by atoms with van der Waals surface area (Å²) in [6.45, 7) is 6.42. The summed E-state index contributed by atoms with van der Waals surface area (Å²) in [5.41, 5.74) is 11.6. The van der Waals surface area contributed by atoms with Gasteiger partial charge in [-0.3, -0.25) is 24.0 Å². The number of carboxylic acid groups (broad SMARTS) is 2. The zero-order valence-electron chi connectivity index (χ0n) is 36.2. The Labute approximate surface area is 367 Å². The molecule has 0 unspecified atom stereocenters. The monoisotopic (exact) mass is 949 g/mol. The normalized spacial score (nSPS) is 20.2. The Bertz CT molecular complexity index is 1590. The number of rotatable bonds is 26. The molecular formula is C39H67N9O13Se. The molecule has 62 heavy (non-hydrogen) atoms. The van der Waals surface area contributed by atoms with E-state index in [0.29, 0.717) is 37.4 Å².